The first kappa shape index (κ1) is 18.4. The van der Waals surface area contributed by atoms with Gasteiger partial charge >= 0.3 is 12.1 Å². The summed E-state index contributed by atoms with van der Waals surface area (Å²) in [6.07, 6.45) is 0.0308. The van der Waals surface area contributed by atoms with Gasteiger partial charge in [0.15, 0.2) is 6.04 Å². The van der Waals surface area contributed by atoms with E-state index in [-0.39, 0.29) is 12.5 Å². The zero-order valence-corrected chi connectivity index (χ0v) is 16.3. The molecule has 1 heterocycles. The van der Waals surface area contributed by atoms with E-state index in [2.05, 4.69) is 24.3 Å². The Kier molecular flexibility index (Phi) is 4.51. The number of carboxylic acid groups (broad SMARTS) is 1. The minimum atomic E-state index is -1.05. The second kappa shape index (κ2) is 7.34. The molecule has 5 nitrogen and oxygen atoms in total. The number of benzene rings is 3. The van der Waals surface area contributed by atoms with Gasteiger partial charge in [0.1, 0.15) is 6.61 Å². The smallest absolute Gasteiger partial charge is 0.410 e. The van der Waals surface area contributed by atoms with E-state index >= 15 is 0 Å². The van der Waals surface area contributed by atoms with E-state index in [0.717, 1.165) is 27.8 Å². The molecule has 3 aromatic rings. The second-order valence-electron chi connectivity index (χ2n) is 7.69. The third-order valence-electron chi connectivity index (χ3n) is 6.09. The van der Waals surface area contributed by atoms with Crippen molar-refractivity contribution in [3.63, 3.8) is 0 Å². The predicted octanol–water partition coefficient (Wildman–Crippen LogP) is 4.62. The fraction of sp³-hybridized carbons (Fsp3) is 0.200. The first-order chi connectivity index (χ1) is 14.6. The number of amides is 1. The van der Waals surface area contributed by atoms with E-state index in [1.165, 1.54) is 4.90 Å². The van der Waals surface area contributed by atoms with Crippen LogP contribution in [0.25, 0.3) is 11.1 Å². The summed E-state index contributed by atoms with van der Waals surface area (Å²) in [5.41, 5.74) is 6.20. The van der Waals surface area contributed by atoms with Crippen molar-refractivity contribution < 1.29 is 19.4 Å². The van der Waals surface area contributed by atoms with Gasteiger partial charge in [-0.2, -0.15) is 0 Å². The Balaban J connectivity index is 1.39. The van der Waals surface area contributed by atoms with Crippen LogP contribution in [0.1, 0.15) is 34.2 Å². The van der Waals surface area contributed by atoms with Crippen LogP contribution in [-0.4, -0.2) is 35.2 Å². The van der Waals surface area contributed by atoms with E-state index in [9.17, 15) is 14.7 Å². The number of nitrogens with zero attached hydrogens (tertiary/aromatic N) is 1. The number of rotatable bonds is 3. The van der Waals surface area contributed by atoms with Crippen molar-refractivity contribution in [1.29, 1.82) is 0 Å². The Bertz CT molecular complexity index is 1090. The van der Waals surface area contributed by atoms with Gasteiger partial charge in [0.2, 0.25) is 0 Å². The Hall–Kier alpha value is -3.60. The molecule has 0 saturated heterocycles. The van der Waals surface area contributed by atoms with Crippen molar-refractivity contribution in [2.45, 2.75) is 18.4 Å². The normalized spacial score (nSPS) is 17.1. The fourth-order valence-electron chi connectivity index (χ4n) is 4.71. The molecule has 1 aliphatic carbocycles. The molecule has 1 N–H and O–H groups in total. The molecule has 0 fully saturated rings. The highest BCUT2D eigenvalue weighted by molar-refractivity contribution is 5.83. The summed E-state index contributed by atoms with van der Waals surface area (Å²) >= 11 is 0. The van der Waals surface area contributed by atoms with Gasteiger partial charge in [-0.3, -0.25) is 4.90 Å². The number of aliphatic carboxylic acids is 1. The Morgan fingerprint density at radius 3 is 2.07 bits per heavy atom. The monoisotopic (exact) mass is 399 g/mol. The second-order valence-corrected chi connectivity index (χ2v) is 7.69. The molecule has 0 radical (unpaired) electrons. The summed E-state index contributed by atoms with van der Waals surface area (Å²) in [5.74, 6) is -1.10. The molecule has 0 unspecified atom stereocenters. The number of carboxylic acids is 1. The van der Waals surface area contributed by atoms with Gasteiger partial charge in [0.25, 0.3) is 0 Å². The van der Waals surface area contributed by atoms with E-state index < -0.39 is 18.1 Å². The van der Waals surface area contributed by atoms with Crippen LogP contribution in [0, 0.1) is 0 Å². The summed E-state index contributed by atoms with van der Waals surface area (Å²) in [6, 6.07) is 22.6. The largest absolute Gasteiger partial charge is 0.479 e. The lowest BCUT2D eigenvalue weighted by Crippen LogP contribution is -2.44. The lowest BCUT2D eigenvalue weighted by atomic mass is 9.93. The maximum Gasteiger partial charge on any atom is 0.410 e. The van der Waals surface area contributed by atoms with Crippen LogP contribution in [0.4, 0.5) is 4.79 Å². The zero-order valence-electron chi connectivity index (χ0n) is 16.3. The highest BCUT2D eigenvalue weighted by Crippen LogP contribution is 2.44. The minimum Gasteiger partial charge on any atom is -0.479 e. The van der Waals surface area contributed by atoms with Crippen molar-refractivity contribution >= 4 is 12.1 Å². The third-order valence-corrected chi connectivity index (χ3v) is 6.09. The lowest BCUT2D eigenvalue weighted by Gasteiger charge is -2.34. The number of hydrogen-bond donors (Lipinski definition) is 1. The molecule has 0 saturated carbocycles. The molecule has 0 aromatic heterocycles. The molecule has 5 heteroatoms. The number of ether oxygens (including phenoxy) is 1. The molecule has 1 atom stereocenters. The highest BCUT2D eigenvalue weighted by atomic mass is 16.6. The first-order valence-corrected chi connectivity index (χ1v) is 10.1. The molecule has 5 rings (SSSR count). The van der Waals surface area contributed by atoms with Crippen molar-refractivity contribution in [2.75, 3.05) is 13.2 Å². The van der Waals surface area contributed by atoms with Crippen LogP contribution in [0.5, 0.6) is 0 Å². The third kappa shape index (κ3) is 2.94. The van der Waals surface area contributed by atoms with Gasteiger partial charge in [-0.15, -0.1) is 0 Å². The Labute approximate surface area is 174 Å². The molecule has 0 bridgehead atoms. The van der Waals surface area contributed by atoms with Crippen LogP contribution in [0.3, 0.4) is 0 Å². The van der Waals surface area contributed by atoms with Gasteiger partial charge in [-0.25, -0.2) is 9.59 Å². The summed E-state index contributed by atoms with van der Waals surface area (Å²) in [6.45, 7) is 0.502. The molecule has 3 aromatic carbocycles. The van der Waals surface area contributed by atoms with Crippen molar-refractivity contribution in [1.82, 2.24) is 4.90 Å². The van der Waals surface area contributed by atoms with Crippen LogP contribution in [0.15, 0.2) is 72.8 Å². The summed E-state index contributed by atoms with van der Waals surface area (Å²) in [5, 5.41) is 9.79. The Morgan fingerprint density at radius 2 is 1.43 bits per heavy atom. The SMILES string of the molecule is O=C(O)[C@@H]1c2ccccc2CCN1C(=O)OCC1c2ccccc2-c2ccccc21. The van der Waals surface area contributed by atoms with Gasteiger partial charge in [0.05, 0.1) is 0 Å². The quantitative estimate of drug-likeness (QED) is 0.698. The van der Waals surface area contributed by atoms with E-state index in [1.54, 1.807) is 12.1 Å². The molecular weight excluding hydrogens is 378 g/mol. The molecular formula is C25H21NO4. The maximum absolute atomic E-state index is 12.9. The van der Waals surface area contributed by atoms with Crippen LogP contribution >= 0.6 is 0 Å². The number of carbonyl (C=O) groups is 2. The summed E-state index contributed by atoms with van der Waals surface area (Å²) in [4.78, 5) is 26.2. The molecule has 2 aliphatic rings. The topological polar surface area (TPSA) is 66.8 Å². The fourth-order valence-corrected chi connectivity index (χ4v) is 4.71. The standard InChI is InChI=1S/C25H21NO4/c27-24(28)23-17-8-2-1-7-16(17)13-14-26(23)25(29)30-15-22-20-11-5-3-9-18(20)19-10-4-6-12-21(19)22/h1-12,22-23H,13-15H2,(H,27,28)/t23-/m0/s1. The van der Waals surface area contributed by atoms with Gasteiger partial charge in [-0.1, -0.05) is 72.8 Å². The zero-order chi connectivity index (χ0) is 20.7. The van der Waals surface area contributed by atoms with E-state index in [1.807, 2.05) is 36.4 Å². The van der Waals surface area contributed by atoms with Crippen LogP contribution < -0.4 is 0 Å². The lowest BCUT2D eigenvalue weighted by molar-refractivity contribution is -0.143. The molecule has 150 valence electrons. The summed E-state index contributed by atoms with van der Waals surface area (Å²) < 4.78 is 5.70. The van der Waals surface area contributed by atoms with E-state index in [0.29, 0.717) is 18.5 Å². The van der Waals surface area contributed by atoms with Gasteiger partial charge in [0, 0.05) is 12.5 Å². The average Bonchev–Trinajstić information content (AvgIpc) is 3.10. The van der Waals surface area contributed by atoms with Crippen molar-refractivity contribution in [3.8, 4) is 11.1 Å². The molecule has 1 aliphatic heterocycles. The number of carbonyl (C=O) groups excluding carboxylic acids is 1. The molecule has 30 heavy (non-hydrogen) atoms. The van der Waals surface area contributed by atoms with Gasteiger partial charge in [-0.05, 0) is 39.8 Å². The maximum atomic E-state index is 12.9. The number of hydrogen-bond acceptors (Lipinski definition) is 3. The average molecular weight is 399 g/mol. The molecule has 0 spiro atoms. The summed E-state index contributed by atoms with van der Waals surface area (Å²) in [7, 11) is 0. The van der Waals surface area contributed by atoms with Crippen molar-refractivity contribution in [3.05, 3.63) is 95.1 Å². The van der Waals surface area contributed by atoms with Crippen LogP contribution in [-0.2, 0) is 16.0 Å². The van der Waals surface area contributed by atoms with E-state index in [4.69, 9.17) is 4.74 Å². The van der Waals surface area contributed by atoms with Gasteiger partial charge < -0.3 is 9.84 Å². The molecule has 1 amide bonds. The number of fused-ring (bicyclic) bond motifs is 4. The minimum absolute atomic E-state index is 0.0540. The van der Waals surface area contributed by atoms with Crippen LogP contribution in [0.2, 0.25) is 0 Å². The predicted molar refractivity (Wildman–Crippen MR) is 112 cm³/mol. The highest BCUT2D eigenvalue weighted by Gasteiger charge is 2.37. The first-order valence-electron chi connectivity index (χ1n) is 10.1. The van der Waals surface area contributed by atoms with Crippen molar-refractivity contribution in [2.24, 2.45) is 0 Å². The Morgan fingerprint density at radius 1 is 0.867 bits per heavy atom.